The fourth-order valence-electron chi connectivity index (χ4n) is 2.38. The number of hydrogen-bond donors (Lipinski definition) is 3. The van der Waals surface area contributed by atoms with E-state index in [1.165, 1.54) is 0 Å². The lowest BCUT2D eigenvalue weighted by Crippen LogP contribution is -2.07. The lowest BCUT2D eigenvalue weighted by atomic mass is 10.3. The van der Waals surface area contributed by atoms with Crippen LogP contribution >= 0.6 is 0 Å². The van der Waals surface area contributed by atoms with Gasteiger partial charge in [-0.25, -0.2) is 4.98 Å². The SMILES string of the molecule is Cc1cc(Nc2nc(NCc3ccccn3)cc3nccn23)n[nH]1. The fraction of sp³-hybridized carbons (Fsp3) is 0.125. The average Bonchev–Trinajstić information content (AvgIpc) is 3.23. The molecule has 8 heteroatoms. The molecule has 3 N–H and O–H groups in total. The number of aryl methyl sites for hydroxylation is 1. The van der Waals surface area contributed by atoms with Gasteiger partial charge in [0.2, 0.25) is 5.95 Å². The Labute approximate surface area is 138 Å². The zero-order valence-corrected chi connectivity index (χ0v) is 13.1. The molecule has 0 saturated heterocycles. The van der Waals surface area contributed by atoms with Crippen LogP contribution in [0.25, 0.3) is 5.65 Å². The van der Waals surface area contributed by atoms with Crippen molar-refractivity contribution in [2.45, 2.75) is 13.5 Å². The normalized spacial score (nSPS) is 10.9. The summed E-state index contributed by atoms with van der Waals surface area (Å²) in [6, 6.07) is 9.63. The lowest BCUT2D eigenvalue weighted by Gasteiger charge is -2.10. The Hall–Kier alpha value is -3.42. The van der Waals surface area contributed by atoms with Crippen LogP contribution in [0.4, 0.5) is 17.6 Å². The summed E-state index contributed by atoms with van der Waals surface area (Å²) in [6.07, 6.45) is 5.36. The van der Waals surface area contributed by atoms with Gasteiger partial charge in [-0.3, -0.25) is 14.5 Å². The summed E-state index contributed by atoms with van der Waals surface area (Å²) in [6.45, 7) is 2.54. The first-order chi connectivity index (χ1) is 11.8. The van der Waals surface area contributed by atoms with Crippen molar-refractivity contribution >= 4 is 23.2 Å². The van der Waals surface area contributed by atoms with Crippen LogP contribution in [0.2, 0.25) is 0 Å². The van der Waals surface area contributed by atoms with Crippen LogP contribution in [0.5, 0.6) is 0 Å². The number of nitrogens with one attached hydrogen (secondary N) is 3. The summed E-state index contributed by atoms with van der Waals surface area (Å²) in [5, 5.41) is 13.6. The number of H-pyrrole nitrogens is 1. The minimum atomic E-state index is 0.589. The molecule has 0 fully saturated rings. The zero-order valence-electron chi connectivity index (χ0n) is 13.1. The van der Waals surface area contributed by atoms with E-state index in [0.717, 1.165) is 17.0 Å². The number of hydrogen-bond acceptors (Lipinski definition) is 6. The molecule has 120 valence electrons. The van der Waals surface area contributed by atoms with E-state index >= 15 is 0 Å². The minimum Gasteiger partial charge on any atom is -0.364 e. The molecule has 0 aliphatic heterocycles. The Balaban J connectivity index is 1.62. The number of aromatic nitrogens is 6. The molecule has 8 nitrogen and oxygen atoms in total. The predicted molar refractivity (Wildman–Crippen MR) is 91.2 cm³/mol. The van der Waals surface area contributed by atoms with Crippen molar-refractivity contribution in [1.29, 1.82) is 0 Å². The monoisotopic (exact) mass is 320 g/mol. The molecule has 0 radical (unpaired) electrons. The maximum atomic E-state index is 4.61. The quantitative estimate of drug-likeness (QED) is 0.523. The molecular weight excluding hydrogens is 304 g/mol. The molecule has 4 aromatic rings. The summed E-state index contributed by atoms with van der Waals surface area (Å²) >= 11 is 0. The summed E-state index contributed by atoms with van der Waals surface area (Å²) < 4.78 is 1.87. The number of imidazole rings is 1. The van der Waals surface area contributed by atoms with Crippen LogP contribution in [-0.4, -0.2) is 29.5 Å². The van der Waals surface area contributed by atoms with E-state index in [-0.39, 0.29) is 0 Å². The molecule has 4 rings (SSSR count). The van der Waals surface area contributed by atoms with Gasteiger partial charge in [-0.15, -0.1) is 0 Å². The van der Waals surface area contributed by atoms with Gasteiger partial charge in [0.05, 0.1) is 12.2 Å². The lowest BCUT2D eigenvalue weighted by molar-refractivity contribution is 1.01. The molecule has 0 saturated carbocycles. The zero-order chi connectivity index (χ0) is 16.4. The van der Waals surface area contributed by atoms with Crippen LogP contribution in [0, 0.1) is 6.92 Å². The Kier molecular flexibility index (Phi) is 3.54. The highest BCUT2D eigenvalue weighted by Gasteiger charge is 2.08. The van der Waals surface area contributed by atoms with E-state index in [1.54, 1.807) is 12.4 Å². The molecular formula is C16H16N8. The number of nitrogens with zero attached hydrogens (tertiary/aromatic N) is 5. The molecule has 0 spiro atoms. The molecule has 0 bridgehead atoms. The molecule has 0 unspecified atom stereocenters. The summed E-state index contributed by atoms with van der Waals surface area (Å²) in [5.74, 6) is 2.06. The first-order valence-electron chi connectivity index (χ1n) is 7.55. The Morgan fingerprint density at radius 1 is 1.12 bits per heavy atom. The van der Waals surface area contributed by atoms with Gasteiger partial charge in [-0.1, -0.05) is 6.07 Å². The average molecular weight is 320 g/mol. The van der Waals surface area contributed by atoms with Gasteiger partial charge in [-0.05, 0) is 19.1 Å². The Morgan fingerprint density at radius 2 is 2.08 bits per heavy atom. The molecule has 0 aliphatic carbocycles. The van der Waals surface area contributed by atoms with E-state index in [1.807, 2.05) is 47.9 Å². The summed E-state index contributed by atoms with van der Waals surface area (Å²) in [4.78, 5) is 13.3. The maximum absolute atomic E-state index is 4.61. The number of fused-ring (bicyclic) bond motifs is 1. The van der Waals surface area contributed by atoms with Gasteiger partial charge >= 0.3 is 0 Å². The van der Waals surface area contributed by atoms with Gasteiger partial charge in [-0.2, -0.15) is 10.1 Å². The van der Waals surface area contributed by atoms with Crippen LogP contribution in [0.3, 0.4) is 0 Å². The molecule has 4 heterocycles. The van der Waals surface area contributed by atoms with Crippen molar-refractivity contribution in [2.24, 2.45) is 0 Å². The second-order valence-corrected chi connectivity index (χ2v) is 5.36. The molecule has 0 aromatic carbocycles. The van der Waals surface area contributed by atoms with Gasteiger partial charge in [0.15, 0.2) is 5.82 Å². The first kappa shape index (κ1) is 14.2. The number of pyridine rings is 1. The smallest absolute Gasteiger partial charge is 0.216 e. The van der Waals surface area contributed by atoms with Crippen LogP contribution in [0.15, 0.2) is 48.9 Å². The van der Waals surface area contributed by atoms with E-state index in [0.29, 0.717) is 24.1 Å². The highest BCUT2D eigenvalue weighted by atomic mass is 15.3. The second-order valence-electron chi connectivity index (χ2n) is 5.36. The van der Waals surface area contributed by atoms with Gasteiger partial charge in [0, 0.05) is 36.4 Å². The Morgan fingerprint density at radius 3 is 2.88 bits per heavy atom. The largest absolute Gasteiger partial charge is 0.364 e. The second kappa shape index (κ2) is 5.99. The fourth-order valence-corrected chi connectivity index (χ4v) is 2.38. The molecule has 0 atom stereocenters. The molecule has 24 heavy (non-hydrogen) atoms. The van der Waals surface area contributed by atoms with Crippen molar-refractivity contribution in [2.75, 3.05) is 10.6 Å². The Bertz CT molecular complexity index is 957. The van der Waals surface area contributed by atoms with Crippen molar-refractivity contribution in [3.05, 3.63) is 60.3 Å². The van der Waals surface area contributed by atoms with Crippen molar-refractivity contribution < 1.29 is 0 Å². The maximum Gasteiger partial charge on any atom is 0.216 e. The molecule has 4 aromatic heterocycles. The first-order valence-corrected chi connectivity index (χ1v) is 7.55. The predicted octanol–water partition coefficient (Wildman–Crippen LogP) is 2.51. The molecule has 0 aliphatic rings. The van der Waals surface area contributed by atoms with Crippen molar-refractivity contribution in [1.82, 2.24) is 29.5 Å². The van der Waals surface area contributed by atoms with E-state index in [4.69, 9.17) is 0 Å². The number of aromatic amines is 1. The molecule has 0 amide bonds. The van der Waals surface area contributed by atoms with Gasteiger partial charge in [0.1, 0.15) is 11.5 Å². The topological polar surface area (TPSA) is 95.8 Å². The number of rotatable bonds is 5. The van der Waals surface area contributed by atoms with Crippen LogP contribution < -0.4 is 10.6 Å². The summed E-state index contributed by atoms with van der Waals surface area (Å²) in [5.41, 5.74) is 2.71. The van der Waals surface area contributed by atoms with Crippen molar-refractivity contribution in [3.8, 4) is 0 Å². The van der Waals surface area contributed by atoms with E-state index < -0.39 is 0 Å². The number of anilines is 3. The highest BCUT2D eigenvalue weighted by Crippen LogP contribution is 2.18. The van der Waals surface area contributed by atoms with Crippen LogP contribution in [0.1, 0.15) is 11.4 Å². The minimum absolute atomic E-state index is 0.589. The standard InChI is InChI=1S/C16H16N8/c1-11-8-14(23-22-11)21-16-20-13(9-15-18-6-7-24(15)16)19-10-12-4-2-3-5-17-12/h2-9,19H,10H2,1H3,(H2,20,21,22,23). The summed E-state index contributed by atoms with van der Waals surface area (Å²) in [7, 11) is 0. The van der Waals surface area contributed by atoms with Crippen LogP contribution in [-0.2, 0) is 6.54 Å². The van der Waals surface area contributed by atoms with Gasteiger partial charge < -0.3 is 10.6 Å². The van der Waals surface area contributed by atoms with E-state index in [9.17, 15) is 0 Å². The third-order valence-corrected chi connectivity index (χ3v) is 3.51. The highest BCUT2D eigenvalue weighted by molar-refractivity contribution is 5.59. The third-order valence-electron chi connectivity index (χ3n) is 3.51. The third kappa shape index (κ3) is 2.89. The van der Waals surface area contributed by atoms with Crippen molar-refractivity contribution in [3.63, 3.8) is 0 Å². The van der Waals surface area contributed by atoms with Gasteiger partial charge in [0.25, 0.3) is 0 Å². The van der Waals surface area contributed by atoms with E-state index in [2.05, 4.69) is 35.8 Å².